The molecule has 0 aliphatic carbocycles. The van der Waals surface area contributed by atoms with Gasteiger partial charge in [-0.05, 0) is 19.1 Å². The number of esters is 1. The smallest absolute Gasteiger partial charge is 0.356 e. The number of benzene rings is 1. The van der Waals surface area contributed by atoms with Gasteiger partial charge in [0.25, 0.3) is 0 Å². The number of ether oxygens (including phenoxy) is 1. The Bertz CT molecular complexity index is 560. The van der Waals surface area contributed by atoms with E-state index in [-0.39, 0.29) is 0 Å². The first-order valence-corrected chi connectivity index (χ1v) is 5.25. The molecule has 0 aliphatic rings. The minimum atomic E-state index is -0.460. The van der Waals surface area contributed by atoms with Gasteiger partial charge < -0.3 is 4.74 Å². The number of fused-ring (bicyclic) bond motifs is 1. The molecule has 0 aliphatic heterocycles. The van der Waals surface area contributed by atoms with Crippen molar-refractivity contribution < 1.29 is 14.3 Å². The molecule has 17 heavy (non-hydrogen) atoms. The van der Waals surface area contributed by atoms with Crippen molar-refractivity contribution in [2.24, 2.45) is 0 Å². The maximum Gasteiger partial charge on any atom is 0.356 e. The van der Waals surface area contributed by atoms with E-state index in [1.165, 1.54) is 4.68 Å². The van der Waals surface area contributed by atoms with Crippen LogP contribution in [-0.4, -0.2) is 23.7 Å². The van der Waals surface area contributed by atoms with Crippen LogP contribution in [-0.2, 0) is 9.53 Å². The fourth-order valence-corrected chi connectivity index (χ4v) is 1.70. The van der Waals surface area contributed by atoms with Crippen LogP contribution in [0.2, 0.25) is 0 Å². The van der Waals surface area contributed by atoms with Crippen molar-refractivity contribution in [1.82, 2.24) is 4.68 Å². The number of para-hydroxylation sites is 1. The second-order valence-electron chi connectivity index (χ2n) is 3.39. The molecule has 1 aromatic carbocycles. The molecular formula is C12H12N2O3. The number of aromatic nitrogens is 1. The van der Waals surface area contributed by atoms with Gasteiger partial charge in [0.05, 0.1) is 12.1 Å². The highest BCUT2D eigenvalue weighted by Gasteiger charge is 2.15. The molecule has 0 saturated heterocycles. The number of nitrogens with zero attached hydrogens (tertiary/aromatic N) is 1. The monoisotopic (exact) mass is 232 g/mol. The number of amides is 1. The highest BCUT2D eigenvalue weighted by molar-refractivity contribution is 5.96. The first kappa shape index (κ1) is 11.2. The number of hydrogen-bond donors (Lipinski definition) is 1. The molecule has 0 spiro atoms. The summed E-state index contributed by atoms with van der Waals surface area (Å²) in [7, 11) is 0. The van der Waals surface area contributed by atoms with Crippen molar-refractivity contribution in [3.05, 3.63) is 36.0 Å². The van der Waals surface area contributed by atoms with Crippen molar-refractivity contribution in [3.8, 4) is 0 Å². The van der Waals surface area contributed by atoms with E-state index in [0.29, 0.717) is 18.7 Å². The van der Waals surface area contributed by atoms with E-state index in [9.17, 15) is 9.59 Å². The van der Waals surface area contributed by atoms with Crippen LogP contribution in [0, 0.1) is 0 Å². The van der Waals surface area contributed by atoms with E-state index < -0.39 is 5.97 Å². The first-order valence-electron chi connectivity index (χ1n) is 5.25. The van der Waals surface area contributed by atoms with Crippen molar-refractivity contribution in [2.75, 3.05) is 12.0 Å². The van der Waals surface area contributed by atoms with Crippen molar-refractivity contribution >= 4 is 23.3 Å². The summed E-state index contributed by atoms with van der Waals surface area (Å²) in [5.41, 5.74) is 3.53. The zero-order valence-corrected chi connectivity index (χ0v) is 9.34. The zero-order chi connectivity index (χ0) is 12.3. The Labute approximate surface area is 97.9 Å². The molecule has 0 atom stereocenters. The minimum absolute atomic E-state index is 0.293. The fraction of sp³-hybridized carbons (Fsp3) is 0.167. The van der Waals surface area contributed by atoms with Crippen LogP contribution in [0.4, 0.5) is 0 Å². The summed E-state index contributed by atoms with van der Waals surface area (Å²) in [5.74, 6) is -0.460. The Kier molecular flexibility index (Phi) is 3.09. The minimum Gasteiger partial charge on any atom is -0.461 e. The summed E-state index contributed by atoms with van der Waals surface area (Å²) in [6, 6.07) is 9.06. The van der Waals surface area contributed by atoms with Gasteiger partial charge in [-0.25, -0.2) is 9.47 Å². The van der Waals surface area contributed by atoms with E-state index in [2.05, 4.69) is 5.43 Å². The van der Waals surface area contributed by atoms with Gasteiger partial charge in [-0.2, -0.15) is 0 Å². The molecule has 0 fully saturated rings. The molecule has 1 amide bonds. The van der Waals surface area contributed by atoms with Gasteiger partial charge >= 0.3 is 5.97 Å². The summed E-state index contributed by atoms with van der Waals surface area (Å²) >= 11 is 0. The average Bonchev–Trinajstić information content (AvgIpc) is 2.70. The summed E-state index contributed by atoms with van der Waals surface area (Å²) in [6.45, 7) is 2.03. The Hall–Kier alpha value is -2.30. The lowest BCUT2D eigenvalue weighted by Gasteiger charge is -2.07. The first-order chi connectivity index (χ1) is 8.27. The molecule has 0 unspecified atom stereocenters. The van der Waals surface area contributed by atoms with E-state index in [0.717, 1.165) is 10.9 Å². The number of nitrogens with one attached hydrogen (secondary N) is 1. The summed E-state index contributed by atoms with van der Waals surface area (Å²) in [4.78, 5) is 22.3. The fourth-order valence-electron chi connectivity index (χ4n) is 1.70. The highest BCUT2D eigenvalue weighted by atomic mass is 16.5. The Balaban J connectivity index is 2.56. The van der Waals surface area contributed by atoms with Gasteiger partial charge in [0, 0.05) is 5.39 Å². The van der Waals surface area contributed by atoms with Gasteiger partial charge in [0.2, 0.25) is 6.41 Å². The van der Waals surface area contributed by atoms with Crippen LogP contribution in [0.3, 0.4) is 0 Å². The molecule has 0 radical (unpaired) electrons. The SMILES string of the molecule is CCOC(=O)c1cc2ccccc2n1NC=O. The second-order valence-corrected chi connectivity index (χ2v) is 3.39. The standard InChI is InChI=1S/C12H12N2O3/c1-2-17-12(16)11-7-9-5-3-4-6-10(9)14(11)13-8-15/h3-8H,2H2,1H3,(H,13,15). The van der Waals surface area contributed by atoms with E-state index in [4.69, 9.17) is 4.74 Å². The normalized spacial score (nSPS) is 10.2. The topological polar surface area (TPSA) is 60.3 Å². The Morgan fingerprint density at radius 3 is 2.94 bits per heavy atom. The van der Waals surface area contributed by atoms with Crippen LogP contribution in [0.25, 0.3) is 10.9 Å². The second kappa shape index (κ2) is 4.69. The molecule has 2 rings (SSSR count). The number of rotatable bonds is 4. The van der Waals surface area contributed by atoms with E-state index in [1.54, 1.807) is 13.0 Å². The quantitative estimate of drug-likeness (QED) is 0.642. The maximum atomic E-state index is 11.7. The van der Waals surface area contributed by atoms with E-state index in [1.807, 2.05) is 24.3 Å². The van der Waals surface area contributed by atoms with Crippen LogP contribution < -0.4 is 5.43 Å². The molecule has 2 aromatic rings. The molecule has 5 heteroatoms. The van der Waals surface area contributed by atoms with E-state index >= 15 is 0 Å². The summed E-state index contributed by atoms with van der Waals surface area (Å²) in [6.07, 6.45) is 0.523. The van der Waals surface area contributed by atoms with Crippen molar-refractivity contribution in [3.63, 3.8) is 0 Å². The van der Waals surface area contributed by atoms with Crippen LogP contribution in [0.1, 0.15) is 17.4 Å². The average molecular weight is 232 g/mol. The third kappa shape index (κ3) is 1.99. The zero-order valence-electron chi connectivity index (χ0n) is 9.34. The third-order valence-corrected chi connectivity index (χ3v) is 2.38. The van der Waals surface area contributed by atoms with Gasteiger partial charge in [-0.1, -0.05) is 18.2 Å². The predicted molar refractivity (Wildman–Crippen MR) is 63.3 cm³/mol. The largest absolute Gasteiger partial charge is 0.461 e. The highest BCUT2D eigenvalue weighted by Crippen LogP contribution is 2.18. The van der Waals surface area contributed by atoms with Crippen LogP contribution in [0.5, 0.6) is 0 Å². The maximum absolute atomic E-state index is 11.7. The van der Waals surface area contributed by atoms with Crippen LogP contribution >= 0.6 is 0 Å². The molecule has 0 bridgehead atoms. The van der Waals surface area contributed by atoms with Gasteiger partial charge in [0.15, 0.2) is 0 Å². The number of carbonyl (C=O) groups excluding carboxylic acids is 2. The number of hydrogen-bond acceptors (Lipinski definition) is 3. The summed E-state index contributed by atoms with van der Waals surface area (Å²) < 4.78 is 6.35. The van der Waals surface area contributed by atoms with Crippen molar-refractivity contribution in [2.45, 2.75) is 6.92 Å². The Morgan fingerprint density at radius 2 is 2.24 bits per heavy atom. The molecule has 0 saturated carbocycles. The Morgan fingerprint density at radius 1 is 1.47 bits per heavy atom. The van der Waals surface area contributed by atoms with Gasteiger partial charge in [-0.15, -0.1) is 0 Å². The third-order valence-electron chi connectivity index (χ3n) is 2.38. The molecule has 1 heterocycles. The summed E-state index contributed by atoms with van der Waals surface area (Å²) in [5, 5.41) is 0.866. The van der Waals surface area contributed by atoms with Gasteiger partial charge in [0.1, 0.15) is 5.69 Å². The number of carbonyl (C=O) groups is 2. The molecule has 88 valence electrons. The predicted octanol–water partition coefficient (Wildman–Crippen LogP) is 1.52. The lowest BCUT2D eigenvalue weighted by atomic mass is 10.2. The molecule has 5 nitrogen and oxygen atoms in total. The molecular weight excluding hydrogens is 220 g/mol. The van der Waals surface area contributed by atoms with Crippen molar-refractivity contribution in [1.29, 1.82) is 0 Å². The lowest BCUT2D eigenvalue weighted by Crippen LogP contribution is -2.19. The van der Waals surface area contributed by atoms with Crippen LogP contribution in [0.15, 0.2) is 30.3 Å². The lowest BCUT2D eigenvalue weighted by molar-refractivity contribution is -0.106. The van der Waals surface area contributed by atoms with Gasteiger partial charge in [-0.3, -0.25) is 10.2 Å². The molecule has 1 aromatic heterocycles. The molecule has 1 N–H and O–H groups in total.